The summed E-state index contributed by atoms with van der Waals surface area (Å²) in [6.07, 6.45) is 3.72. The fourth-order valence-corrected chi connectivity index (χ4v) is 2.08. The molecule has 2 rings (SSSR count). The van der Waals surface area contributed by atoms with E-state index < -0.39 is 0 Å². The topological polar surface area (TPSA) is 43.8 Å². The SMILES string of the molecule is Cc1cc(C(N)=S)ccc1Cn1cc(Br)cn1. The lowest BCUT2D eigenvalue weighted by Crippen LogP contribution is -2.10. The summed E-state index contributed by atoms with van der Waals surface area (Å²) in [7, 11) is 0. The number of hydrogen-bond donors (Lipinski definition) is 1. The van der Waals surface area contributed by atoms with Crippen molar-refractivity contribution in [2.75, 3.05) is 0 Å². The minimum absolute atomic E-state index is 0.432. The predicted molar refractivity (Wildman–Crippen MR) is 76.1 cm³/mol. The Bertz CT molecular complexity index is 563. The van der Waals surface area contributed by atoms with Gasteiger partial charge in [-0.15, -0.1) is 0 Å². The lowest BCUT2D eigenvalue weighted by Gasteiger charge is -2.08. The van der Waals surface area contributed by atoms with Crippen molar-refractivity contribution in [3.05, 3.63) is 51.8 Å². The molecule has 0 aliphatic rings. The van der Waals surface area contributed by atoms with E-state index in [1.54, 1.807) is 6.20 Å². The maximum atomic E-state index is 5.60. The first kappa shape index (κ1) is 12.3. The van der Waals surface area contributed by atoms with Crippen LogP contribution in [0.4, 0.5) is 0 Å². The number of hydrogen-bond acceptors (Lipinski definition) is 2. The van der Waals surface area contributed by atoms with Crippen LogP contribution in [0.5, 0.6) is 0 Å². The Hall–Kier alpha value is -1.20. The Morgan fingerprint density at radius 1 is 1.53 bits per heavy atom. The van der Waals surface area contributed by atoms with Crippen molar-refractivity contribution in [3.8, 4) is 0 Å². The van der Waals surface area contributed by atoms with Crippen molar-refractivity contribution >= 4 is 33.1 Å². The first-order valence-electron chi connectivity index (χ1n) is 5.13. The van der Waals surface area contributed by atoms with Gasteiger partial charge in [-0.2, -0.15) is 5.10 Å². The lowest BCUT2D eigenvalue weighted by atomic mass is 10.1. The Balaban J connectivity index is 2.25. The van der Waals surface area contributed by atoms with Gasteiger partial charge in [-0.05, 0) is 40.0 Å². The average molecular weight is 310 g/mol. The second kappa shape index (κ2) is 4.98. The number of aromatic nitrogens is 2. The second-order valence-electron chi connectivity index (χ2n) is 3.86. The van der Waals surface area contributed by atoms with Gasteiger partial charge in [0.1, 0.15) is 4.99 Å². The molecule has 0 radical (unpaired) electrons. The molecule has 0 bridgehead atoms. The van der Waals surface area contributed by atoms with Crippen LogP contribution in [0, 0.1) is 6.92 Å². The van der Waals surface area contributed by atoms with Gasteiger partial charge in [-0.25, -0.2) is 0 Å². The zero-order valence-electron chi connectivity index (χ0n) is 9.35. The molecule has 0 atom stereocenters. The number of nitrogens with two attached hydrogens (primary N) is 1. The molecule has 5 heteroatoms. The van der Waals surface area contributed by atoms with E-state index in [1.165, 1.54) is 11.1 Å². The van der Waals surface area contributed by atoms with Crippen LogP contribution in [-0.2, 0) is 6.54 Å². The van der Waals surface area contributed by atoms with Crippen LogP contribution < -0.4 is 5.73 Å². The number of benzene rings is 1. The van der Waals surface area contributed by atoms with Crippen LogP contribution in [0.15, 0.2) is 35.1 Å². The summed E-state index contributed by atoms with van der Waals surface area (Å²) in [4.78, 5) is 0.432. The van der Waals surface area contributed by atoms with Gasteiger partial charge in [0.05, 0.1) is 17.2 Å². The van der Waals surface area contributed by atoms with Gasteiger partial charge in [0.2, 0.25) is 0 Å². The normalized spacial score (nSPS) is 10.5. The molecule has 1 aromatic carbocycles. The van der Waals surface area contributed by atoms with Crippen molar-refractivity contribution in [2.24, 2.45) is 5.73 Å². The molecule has 17 heavy (non-hydrogen) atoms. The molecule has 88 valence electrons. The molecule has 0 aliphatic heterocycles. The van der Waals surface area contributed by atoms with Gasteiger partial charge in [0.25, 0.3) is 0 Å². The number of rotatable bonds is 3. The highest BCUT2D eigenvalue weighted by Crippen LogP contribution is 2.14. The van der Waals surface area contributed by atoms with Gasteiger partial charge in [0.15, 0.2) is 0 Å². The van der Waals surface area contributed by atoms with Crippen molar-refractivity contribution < 1.29 is 0 Å². The van der Waals surface area contributed by atoms with E-state index in [4.69, 9.17) is 18.0 Å². The summed E-state index contributed by atoms with van der Waals surface area (Å²) in [6.45, 7) is 2.80. The molecule has 0 spiro atoms. The molecule has 0 saturated carbocycles. The molecule has 3 nitrogen and oxygen atoms in total. The fraction of sp³-hybridized carbons (Fsp3) is 0.167. The molecule has 0 saturated heterocycles. The van der Waals surface area contributed by atoms with Gasteiger partial charge >= 0.3 is 0 Å². The third-order valence-electron chi connectivity index (χ3n) is 2.56. The number of aryl methyl sites for hydroxylation is 1. The Morgan fingerprint density at radius 2 is 2.29 bits per heavy atom. The van der Waals surface area contributed by atoms with E-state index in [1.807, 2.05) is 29.1 Å². The molecule has 1 heterocycles. The molecular weight excluding hydrogens is 298 g/mol. The Labute approximate surface area is 114 Å². The van der Waals surface area contributed by atoms with E-state index in [0.29, 0.717) is 4.99 Å². The lowest BCUT2D eigenvalue weighted by molar-refractivity contribution is 0.684. The predicted octanol–water partition coefficient (Wildman–Crippen LogP) is 2.64. The maximum Gasteiger partial charge on any atom is 0.103 e. The molecule has 0 amide bonds. The summed E-state index contributed by atoms with van der Waals surface area (Å²) in [5.74, 6) is 0. The van der Waals surface area contributed by atoms with Gasteiger partial charge in [-0.3, -0.25) is 4.68 Å². The van der Waals surface area contributed by atoms with Crippen LogP contribution in [0.2, 0.25) is 0 Å². The molecule has 0 fully saturated rings. The average Bonchev–Trinajstić information content (AvgIpc) is 2.67. The van der Waals surface area contributed by atoms with Gasteiger partial charge in [0, 0.05) is 11.8 Å². The monoisotopic (exact) mass is 309 g/mol. The van der Waals surface area contributed by atoms with Crippen LogP contribution in [0.1, 0.15) is 16.7 Å². The summed E-state index contributed by atoms with van der Waals surface area (Å²) >= 11 is 8.33. The quantitative estimate of drug-likeness (QED) is 0.886. The van der Waals surface area contributed by atoms with Crippen LogP contribution in [-0.4, -0.2) is 14.8 Å². The zero-order valence-corrected chi connectivity index (χ0v) is 11.8. The highest BCUT2D eigenvalue weighted by Gasteiger charge is 2.03. The third-order valence-corrected chi connectivity index (χ3v) is 3.21. The van der Waals surface area contributed by atoms with Crippen molar-refractivity contribution in [1.82, 2.24) is 9.78 Å². The van der Waals surface area contributed by atoms with Crippen LogP contribution >= 0.6 is 28.1 Å². The van der Waals surface area contributed by atoms with E-state index in [-0.39, 0.29) is 0 Å². The standard InChI is InChI=1S/C12H12BrN3S/c1-8-4-9(12(14)17)2-3-10(8)6-16-7-11(13)5-15-16/h2-5,7H,6H2,1H3,(H2,14,17). The third kappa shape index (κ3) is 2.92. The minimum atomic E-state index is 0.432. The Kier molecular flexibility index (Phi) is 3.59. The molecule has 2 aromatic rings. The van der Waals surface area contributed by atoms with E-state index >= 15 is 0 Å². The first-order valence-corrected chi connectivity index (χ1v) is 6.33. The molecular formula is C12H12BrN3S. The molecule has 2 N–H and O–H groups in total. The fourth-order valence-electron chi connectivity index (χ4n) is 1.63. The van der Waals surface area contributed by atoms with Gasteiger partial charge < -0.3 is 5.73 Å². The summed E-state index contributed by atoms with van der Waals surface area (Å²) < 4.78 is 2.86. The first-order chi connectivity index (χ1) is 8.06. The van der Waals surface area contributed by atoms with Crippen molar-refractivity contribution in [3.63, 3.8) is 0 Å². The second-order valence-corrected chi connectivity index (χ2v) is 5.22. The van der Waals surface area contributed by atoms with E-state index in [9.17, 15) is 0 Å². The highest BCUT2D eigenvalue weighted by molar-refractivity contribution is 9.10. The molecule has 1 aromatic heterocycles. The van der Waals surface area contributed by atoms with Crippen molar-refractivity contribution in [1.29, 1.82) is 0 Å². The highest BCUT2D eigenvalue weighted by atomic mass is 79.9. The maximum absolute atomic E-state index is 5.60. The van der Waals surface area contributed by atoms with E-state index in [0.717, 1.165) is 16.6 Å². The smallest absolute Gasteiger partial charge is 0.103 e. The zero-order chi connectivity index (χ0) is 12.4. The largest absolute Gasteiger partial charge is 0.389 e. The van der Waals surface area contributed by atoms with Crippen LogP contribution in [0.3, 0.4) is 0 Å². The van der Waals surface area contributed by atoms with Gasteiger partial charge in [-0.1, -0.05) is 24.4 Å². The minimum Gasteiger partial charge on any atom is -0.389 e. The summed E-state index contributed by atoms with van der Waals surface area (Å²) in [5, 5.41) is 4.23. The number of nitrogens with zero attached hydrogens (tertiary/aromatic N) is 2. The van der Waals surface area contributed by atoms with Crippen LogP contribution in [0.25, 0.3) is 0 Å². The number of halogens is 1. The summed E-state index contributed by atoms with van der Waals surface area (Å²) in [6, 6.07) is 6.00. The Morgan fingerprint density at radius 3 is 2.82 bits per heavy atom. The molecule has 0 unspecified atom stereocenters. The van der Waals surface area contributed by atoms with E-state index in [2.05, 4.69) is 28.0 Å². The van der Waals surface area contributed by atoms with Crippen molar-refractivity contribution in [2.45, 2.75) is 13.5 Å². The number of thiocarbonyl (C=S) groups is 1. The molecule has 0 aliphatic carbocycles. The summed E-state index contributed by atoms with van der Waals surface area (Å²) in [5.41, 5.74) is 8.88.